The van der Waals surface area contributed by atoms with Gasteiger partial charge < -0.3 is 15.8 Å². The van der Waals surface area contributed by atoms with Crippen LogP contribution in [-0.4, -0.2) is 50.9 Å². The summed E-state index contributed by atoms with van der Waals surface area (Å²) in [5.41, 5.74) is 5.14. The number of nitrogens with two attached hydrogens (primary N) is 1. The summed E-state index contributed by atoms with van der Waals surface area (Å²) >= 11 is 13.6. The van der Waals surface area contributed by atoms with Crippen molar-refractivity contribution in [2.75, 3.05) is 25.6 Å². The highest BCUT2D eigenvalue weighted by atomic mass is 35.5. The fraction of sp³-hybridized carbons (Fsp3) is 0.353. The number of hydrogen-bond donors (Lipinski definition) is 2. The number of pyridine rings is 1. The summed E-state index contributed by atoms with van der Waals surface area (Å²) in [6.45, 7) is 0.687. The lowest BCUT2D eigenvalue weighted by Gasteiger charge is -2.44. The summed E-state index contributed by atoms with van der Waals surface area (Å²) in [5.74, 6) is 0.127. The molecule has 0 spiro atoms. The van der Waals surface area contributed by atoms with Crippen molar-refractivity contribution in [2.45, 2.75) is 17.2 Å². The first-order chi connectivity index (χ1) is 13.8. The predicted molar refractivity (Wildman–Crippen MR) is 115 cm³/mol. The van der Waals surface area contributed by atoms with Gasteiger partial charge in [0.2, 0.25) is 5.96 Å². The predicted octanol–water partition coefficient (Wildman–Crippen LogP) is 2.61. The van der Waals surface area contributed by atoms with Gasteiger partial charge in [0, 0.05) is 20.1 Å². The second-order valence-electron chi connectivity index (χ2n) is 6.57. The highest BCUT2D eigenvalue weighted by Gasteiger charge is 2.52. The Bertz CT molecular complexity index is 1030. The number of hydrogen-bond acceptors (Lipinski definition) is 7. The maximum atomic E-state index is 12.9. The number of halogens is 2. The minimum Gasteiger partial charge on any atom is -0.380 e. The van der Waals surface area contributed by atoms with Gasteiger partial charge in [-0.25, -0.2) is 14.2 Å². The number of carbonyl (C=O) groups excluding carboxylic acids is 1. The molecule has 3 atom stereocenters. The largest absolute Gasteiger partial charge is 0.380 e. The first kappa shape index (κ1) is 20.5. The van der Waals surface area contributed by atoms with Crippen LogP contribution in [0.5, 0.6) is 0 Å². The van der Waals surface area contributed by atoms with Crippen LogP contribution in [0.25, 0.3) is 0 Å². The summed E-state index contributed by atoms with van der Waals surface area (Å²) in [7, 11) is 0.185. The standard InChI is InChI=1S/C17H17Cl2N5O3S2/c1-24-16(20)23-17(5-6-27-8-11(17)29(24)26)14-9(18)7-10(28-14)15(25)22-13-4-2-3-12(19)21-13/h2-4,7,11H,5-6,8H2,1H3,(H2,20,23)(H,21,22,25). The Labute approximate surface area is 183 Å². The van der Waals surface area contributed by atoms with Gasteiger partial charge in [0.25, 0.3) is 5.91 Å². The van der Waals surface area contributed by atoms with Crippen LogP contribution in [0.2, 0.25) is 10.2 Å². The average molecular weight is 474 g/mol. The lowest BCUT2D eigenvalue weighted by molar-refractivity contribution is 0.0564. The quantitative estimate of drug-likeness (QED) is 0.665. The number of nitrogens with zero attached hydrogens (tertiary/aromatic N) is 3. The number of thiophene rings is 1. The molecule has 1 fully saturated rings. The zero-order chi connectivity index (χ0) is 20.8. The second-order valence-corrected chi connectivity index (χ2v) is 10.1. The Kier molecular flexibility index (Phi) is 5.56. The van der Waals surface area contributed by atoms with E-state index in [1.807, 2.05) is 0 Å². The molecule has 8 nitrogen and oxygen atoms in total. The van der Waals surface area contributed by atoms with E-state index in [4.69, 9.17) is 33.7 Å². The number of aromatic nitrogens is 1. The number of guanidine groups is 1. The molecule has 2 aliphatic heterocycles. The van der Waals surface area contributed by atoms with Crippen molar-refractivity contribution < 1.29 is 13.7 Å². The maximum absolute atomic E-state index is 12.9. The molecule has 1 saturated heterocycles. The van der Waals surface area contributed by atoms with Crippen molar-refractivity contribution in [1.82, 2.24) is 9.29 Å². The third-order valence-corrected chi connectivity index (χ3v) is 8.50. The first-order valence-electron chi connectivity index (χ1n) is 8.63. The SMILES string of the molecule is CN1C(N)=NC2(c3sc(C(=O)Nc4cccc(Cl)n4)cc3Cl)CCOCC2S1=O. The van der Waals surface area contributed by atoms with E-state index in [0.717, 1.165) is 0 Å². The molecule has 12 heteroatoms. The minimum atomic E-state index is -1.44. The van der Waals surface area contributed by atoms with Crippen LogP contribution in [0.1, 0.15) is 21.0 Å². The van der Waals surface area contributed by atoms with E-state index < -0.39 is 21.8 Å². The molecule has 0 saturated carbocycles. The van der Waals surface area contributed by atoms with Gasteiger partial charge in [-0.1, -0.05) is 29.3 Å². The van der Waals surface area contributed by atoms with Gasteiger partial charge in [0.15, 0.2) is 0 Å². The van der Waals surface area contributed by atoms with Gasteiger partial charge in [-0.3, -0.25) is 9.10 Å². The van der Waals surface area contributed by atoms with E-state index >= 15 is 0 Å². The van der Waals surface area contributed by atoms with E-state index in [-0.39, 0.29) is 23.6 Å². The third-order valence-electron chi connectivity index (χ3n) is 4.84. The molecule has 154 valence electrons. The maximum Gasteiger partial charge on any atom is 0.266 e. The van der Waals surface area contributed by atoms with Gasteiger partial charge in [-0.05, 0) is 18.2 Å². The van der Waals surface area contributed by atoms with E-state index in [0.29, 0.717) is 33.6 Å². The molecule has 29 heavy (non-hydrogen) atoms. The Morgan fingerprint density at radius 1 is 1.48 bits per heavy atom. The summed E-state index contributed by atoms with van der Waals surface area (Å²) in [6, 6.07) is 6.52. The Hall–Kier alpha value is -1.72. The lowest BCUT2D eigenvalue weighted by atomic mass is 9.88. The molecule has 0 radical (unpaired) electrons. The van der Waals surface area contributed by atoms with E-state index in [1.165, 1.54) is 15.6 Å². The molecule has 3 unspecified atom stereocenters. The van der Waals surface area contributed by atoms with Crippen LogP contribution < -0.4 is 11.1 Å². The molecule has 2 aromatic rings. The van der Waals surface area contributed by atoms with Gasteiger partial charge in [-0.15, -0.1) is 11.3 Å². The number of amides is 1. The second kappa shape index (κ2) is 7.84. The van der Waals surface area contributed by atoms with Crippen LogP contribution >= 0.6 is 34.5 Å². The van der Waals surface area contributed by atoms with Gasteiger partial charge >= 0.3 is 0 Å². The number of rotatable bonds is 3. The summed E-state index contributed by atoms with van der Waals surface area (Å²) < 4.78 is 19.9. The molecule has 3 N–H and O–H groups in total. The number of nitrogens with one attached hydrogen (secondary N) is 1. The van der Waals surface area contributed by atoms with Crippen LogP contribution in [0, 0.1) is 0 Å². The zero-order valence-corrected chi connectivity index (χ0v) is 18.4. The summed E-state index contributed by atoms with van der Waals surface area (Å²) in [4.78, 5) is 22.5. The molecule has 2 aromatic heterocycles. The van der Waals surface area contributed by atoms with E-state index in [9.17, 15) is 9.00 Å². The Morgan fingerprint density at radius 2 is 2.28 bits per heavy atom. The van der Waals surface area contributed by atoms with Crippen molar-refractivity contribution in [3.8, 4) is 0 Å². The number of carbonyl (C=O) groups is 1. The number of fused-ring (bicyclic) bond motifs is 1. The number of anilines is 1. The molecular weight excluding hydrogens is 457 g/mol. The van der Waals surface area contributed by atoms with E-state index in [1.54, 1.807) is 31.3 Å². The highest BCUT2D eigenvalue weighted by molar-refractivity contribution is 7.84. The third kappa shape index (κ3) is 3.64. The van der Waals surface area contributed by atoms with Crippen LogP contribution in [0.3, 0.4) is 0 Å². The van der Waals surface area contributed by atoms with Crippen molar-refractivity contribution in [1.29, 1.82) is 0 Å². The van der Waals surface area contributed by atoms with Crippen LogP contribution in [0.4, 0.5) is 5.82 Å². The highest BCUT2D eigenvalue weighted by Crippen LogP contribution is 2.48. The van der Waals surface area contributed by atoms with Gasteiger partial charge in [0.05, 0.1) is 21.4 Å². The average Bonchev–Trinajstić information content (AvgIpc) is 3.09. The topological polar surface area (TPSA) is 110 Å². The monoisotopic (exact) mass is 473 g/mol. The fourth-order valence-corrected chi connectivity index (χ4v) is 6.67. The molecule has 2 aliphatic rings. The molecular formula is C17H17Cl2N5O3S2. The summed E-state index contributed by atoms with van der Waals surface area (Å²) in [5, 5.41) is 2.90. The van der Waals surface area contributed by atoms with Crippen molar-refractivity contribution in [3.05, 3.63) is 44.2 Å². The smallest absolute Gasteiger partial charge is 0.266 e. The van der Waals surface area contributed by atoms with Gasteiger partial charge in [-0.2, -0.15) is 0 Å². The molecule has 4 heterocycles. The van der Waals surface area contributed by atoms with Crippen molar-refractivity contribution >= 4 is 63.2 Å². The molecule has 0 bridgehead atoms. The molecule has 0 aromatic carbocycles. The van der Waals surface area contributed by atoms with Crippen LogP contribution in [0.15, 0.2) is 29.3 Å². The van der Waals surface area contributed by atoms with Crippen molar-refractivity contribution in [3.63, 3.8) is 0 Å². The first-order valence-corrected chi connectivity index (χ1v) is 11.4. The normalized spacial score (nSPS) is 26.6. The Balaban J connectivity index is 1.71. The van der Waals surface area contributed by atoms with Crippen molar-refractivity contribution in [2.24, 2.45) is 10.7 Å². The Morgan fingerprint density at radius 3 is 3.03 bits per heavy atom. The number of ether oxygens (including phenoxy) is 1. The molecule has 4 rings (SSSR count). The van der Waals surface area contributed by atoms with Gasteiger partial charge in [0.1, 0.15) is 32.7 Å². The minimum absolute atomic E-state index is 0.167. The zero-order valence-electron chi connectivity index (χ0n) is 15.2. The number of aliphatic imine (C=N–C) groups is 1. The van der Waals surface area contributed by atoms with Crippen LogP contribution in [-0.2, 0) is 21.3 Å². The van der Waals surface area contributed by atoms with E-state index in [2.05, 4.69) is 15.3 Å². The summed E-state index contributed by atoms with van der Waals surface area (Å²) in [6.07, 6.45) is 0.467. The lowest BCUT2D eigenvalue weighted by Crippen LogP contribution is -2.58. The molecule has 0 aliphatic carbocycles. The molecule has 1 amide bonds. The fourth-order valence-electron chi connectivity index (χ4n) is 3.37.